The van der Waals surface area contributed by atoms with Gasteiger partial charge in [-0.25, -0.2) is 5.01 Å². The summed E-state index contributed by atoms with van der Waals surface area (Å²) in [5, 5.41) is 2.45. The number of ether oxygens (including phenoxy) is 1. The molecule has 0 radical (unpaired) electrons. The molecule has 2 aromatic carbocycles. The minimum atomic E-state index is -3.68. The van der Waals surface area contributed by atoms with Crippen LogP contribution in [0, 0.1) is 0 Å². The van der Waals surface area contributed by atoms with Crippen LogP contribution in [-0.2, 0) is 14.9 Å². The van der Waals surface area contributed by atoms with Crippen molar-refractivity contribution in [2.24, 2.45) is 0 Å². The van der Waals surface area contributed by atoms with Crippen molar-refractivity contribution in [2.75, 3.05) is 39.9 Å². The minimum Gasteiger partial charge on any atom is -0.379 e. The maximum Gasteiger partial charge on any atom is 0.295 e. The second-order valence-corrected chi connectivity index (χ2v) is 9.37. The Morgan fingerprint density at radius 1 is 0.964 bits per heavy atom. The zero-order chi connectivity index (χ0) is 19.7. The smallest absolute Gasteiger partial charge is 0.295 e. The summed E-state index contributed by atoms with van der Waals surface area (Å²) in [6.45, 7) is 2.20. The van der Waals surface area contributed by atoms with Gasteiger partial charge in [0, 0.05) is 37.6 Å². The lowest BCUT2D eigenvalue weighted by Gasteiger charge is -2.36. The largest absolute Gasteiger partial charge is 0.379 e. The van der Waals surface area contributed by atoms with Gasteiger partial charge in [-0.3, -0.25) is 0 Å². The van der Waals surface area contributed by atoms with E-state index in [0.29, 0.717) is 37.9 Å². The number of likely N-dealkylation sites (N-methyl/N-ethyl adjacent to an activating group) is 1. The molecular formula is C20H24ClN3O3S. The molecule has 0 aromatic heterocycles. The Morgan fingerprint density at radius 3 is 2.25 bits per heavy atom. The van der Waals surface area contributed by atoms with Gasteiger partial charge in [-0.2, -0.15) is 12.7 Å². The molecule has 2 aliphatic rings. The average Bonchev–Trinajstić information content (AvgIpc) is 3.08. The summed E-state index contributed by atoms with van der Waals surface area (Å²) in [5.74, 6) is 0.0168. The van der Waals surface area contributed by atoms with Crippen molar-refractivity contribution in [3.63, 3.8) is 0 Å². The van der Waals surface area contributed by atoms with Crippen molar-refractivity contribution in [2.45, 2.75) is 12.0 Å². The van der Waals surface area contributed by atoms with E-state index >= 15 is 0 Å². The average molecular weight is 422 g/mol. The molecule has 2 aromatic rings. The van der Waals surface area contributed by atoms with Crippen molar-refractivity contribution in [1.29, 1.82) is 0 Å². The fourth-order valence-electron chi connectivity index (χ4n) is 4.05. The molecule has 2 heterocycles. The van der Waals surface area contributed by atoms with E-state index in [0.717, 1.165) is 11.1 Å². The molecule has 4 rings (SSSR count). The summed E-state index contributed by atoms with van der Waals surface area (Å²) in [6.07, 6.45) is 0. The number of hydrogen-bond acceptors (Lipinski definition) is 4. The lowest BCUT2D eigenvalue weighted by molar-refractivity contribution is 0.0573. The van der Waals surface area contributed by atoms with Crippen molar-refractivity contribution in [3.05, 3.63) is 70.7 Å². The SMILES string of the molecule is CN1C[C@H](c2ccccc2)C(c2ccc(Cl)cc2)N1S(=O)(=O)N1CCOCC1. The number of hydrazine groups is 1. The maximum atomic E-state index is 13.6. The van der Waals surface area contributed by atoms with Crippen LogP contribution in [0.2, 0.25) is 5.02 Å². The summed E-state index contributed by atoms with van der Waals surface area (Å²) in [7, 11) is -1.84. The molecular weight excluding hydrogens is 398 g/mol. The monoisotopic (exact) mass is 421 g/mol. The predicted octanol–water partition coefficient (Wildman–Crippen LogP) is 2.90. The molecule has 0 aliphatic carbocycles. The lowest BCUT2D eigenvalue weighted by atomic mass is 9.89. The first kappa shape index (κ1) is 19.8. The second kappa shape index (κ2) is 8.10. The minimum absolute atomic E-state index is 0.0168. The number of rotatable bonds is 4. The van der Waals surface area contributed by atoms with E-state index in [1.165, 1.54) is 4.31 Å². The van der Waals surface area contributed by atoms with Gasteiger partial charge in [-0.15, -0.1) is 4.41 Å². The van der Waals surface area contributed by atoms with Crippen LogP contribution in [0.4, 0.5) is 0 Å². The number of halogens is 1. The van der Waals surface area contributed by atoms with Crippen LogP contribution in [0.25, 0.3) is 0 Å². The van der Waals surface area contributed by atoms with Gasteiger partial charge in [0.05, 0.1) is 19.3 Å². The van der Waals surface area contributed by atoms with Crippen LogP contribution in [0.5, 0.6) is 0 Å². The van der Waals surface area contributed by atoms with Crippen LogP contribution in [0.3, 0.4) is 0 Å². The quantitative estimate of drug-likeness (QED) is 0.761. The highest BCUT2D eigenvalue weighted by atomic mass is 35.5. The Morgan fingerprint density at radius 2 is 1.61 bits per heavy atom. The Hall–Kier alpha value is -1.48. The number of hydrogen-bond donors (Lipinski definition) is 0. The van der Waals surface area contributed by atoms with Gasteiger partial charge in [0.1, 0.15) is 0 Å². The fraction of sp³-hybridized carbons (Fsp3) is 0.400. The van der Waals surface area contributed by atoms with Gasteiger partial charge < -0.3 is 4.74 Å². The zero-order valence-corrected chi connectivity index (χ0v) is 17.3. The summed E-state index contributed by atoms with van der Waals surface area (Å²) >= 11 is 6.08. The third kappa shape index (κ3) is 3.70. The van der Waals surface area contributed by atoms with Crippen molar-refractivity contribution >= 4 is 21.8 Å². The molecule has 0 saturated carbocycles. The standard InChI is InChI=1S/C20H24ClN3O3S/c1-22-15-19(16-5-3-2-4-6-16)20(17-7-9-18(21)10-8-17)24(22)28(25,26)23-11-13-27-14-12-23/h2-10,19-20H,11-15H2,1H3/t19-,20?/m1/s1. The topological polar surface area (TPSA) is 53.1 Å². The first-order chi connectivity index (χ1) is 13.5. The van der Waals surface area contributed by atoms with E-state index in [4.69, 9.17) is 16.3 Å². The van der Waals surface area contributed by atoms with Crippen molar-refractivity contribution < 1.29 is 13.2 Å². The zero-order valence-electron chi connectivity index (χ0n) is 15.7. The third-order valence-electron chi connectivity index (χ3n) is 5.39. The summed E-state index contributed by atoms with van der Waals surface area (Å²) in [4.78, 5) is 0. The highest BCUT2D eigenvalue weighted by Crippen LogP contribution is 2.44. The van der Waals surface area contributed by atoms with Gasteiger partial charge in [0.25, 0.3) is 10.2 Å². The number of nitrogens with zero attached hydrogens (tertiary/aromatic N) is 3. The lowest BCUT2D eigenvalue weighted by Crippen LogP contribution is -2.51. The van der Waals surface area contributed by atoms with E-state index in [9.17, 15) is 8.42 Å². The Bertz CT molecular complexity index is 902. The van der Waals surface area contributed by atoms with E-state index in [2.05, 4.69) is 12.1 Å². The van der Waals surface area contributed by atoms with E-state index in [1.54, 1.807) is 4.41 Å². The van der Waals surface area contributed by atoms with Gasteiger partial charge in [0.2, 0.25) is 0 Å². The van der Waals surface area contributed by atoms with E-state index in [1.807, 2.05) is 54.5 Å². The first-order valence-electron chi connectivity index (χ1n) is 9.37. The van der Waals surface area contributed by atoms with Gasteiger partial charge >= 0.3 is 0 Å². The van der Waals surface area contributed by atoms with Gasteiger partial charge in [-0.05, 0) is 23.3 Å². The molecule has 2 aliphatic heterocycles. The molecule has 2 saturated heterocycles. The highest BCUT2D eigenvalue weighted by Gasteiger charge is 2.48. The maximum absolute atomic E-state index is 13.6. The Kier molecular flexibility index (Phi) is 5.73. The van der Waals surface area contributed by atoms with Crippen LogP contribution in [-0.4, -0.2) is 62.0 Å². The molecule has 0 amide bonds. The third-order valence-corrected chi connectivity index (χ3v) is 7.64. The van der Waals surface area contributed by atoms with Gasteiger partial charge in [-0.1, -0.05) is 54.1 Å². The molecule has 28 heavy (non-hydrogen) atoms. The molecule has 0 bridgehead atoms. The summed E-state index contributed by atoms with van der Waals surface area (Å²) in [6, 6.07) is 17.2. The van der Waals surface area contributed by atoms with E-state index < -0.39 is 10.2 Å². The van der Waals surface area contributed by atoms with Crippen LogP contribution >= 0.6 is 11.6 Å². The highest BCUT2D eigenvalue weighted by molar-refractivity contribution is 7.86. The first-order valence-corrected chi connectivity index (χ1v) is 11.1. The molecule has 0 N–H and O–H groups in total. The molecule has 8 heteroatoms. The van der Waals surface area contributed by atoms with Crippen LogP contribution in [0.15, 0.2) is 54.6 Å². The fourth-order valence-corrected chi connectivity index (χ4v) is 6.00. The van der Waals surface area contributed by atoms with Gasteiger partial charge in [0.15, 0.2) is 0 Å². The van der Waals surface area contributed by atoms with Crippen LogP contribution in [0.1, 0.15) is 23.1 Å². The number of benzene rings is 2. The predicted molar refractivity (Wildman–Crippen MR) is 109 cm³/mol. The summed E-state index contributed by atoms with van der Waals surface area (Å²) < 4.78 is 35.5. The van der Waals surface area contributed by atoms with Crippen molar-refractivity contribution in [3.8, 4) is 0 Å². The molecule has 2 fully saturated rings. The normalized spacial score (nSPS) is 25.2. The van der Waals surface area contributed by atoms with E-state index in [-0.39, 0.29) is 12.0 Å². The molecule has 0 spiro atoms. The Labute approximate surface area is 171 Å². The Balaban J connectivity index is 1.78. The van der Waals surface area contributed by atoms with Crippen LogP contribution < -0.4 is 0 Å². The molecule has 2 atom stereocenters. The number of morpholine rings is 1. The molecule has 1 unspecified atom stereocenters. The molecule has 150 valence electrons. The van der Waals surface area contributed by atoms with Crippen molar-refractivity contribution in [1.82, 2.24) is 13.7 Å². The summed E-state index contributed by atoms with van der Waals surface area (Å²) in [5.41, 5.74) is 2.05. The second-order valence-electron chi connectivity index (χ2n) is 7.15. The molecule has 6 nitrogen and oxygen atoms in total.